The van der Waals surface area contributed by atoms with E-state index in [1.165, 1.54) is 49.9 Å². The van der Waals surface area contributed by atoms with Crippen molar-refractivity contribution < 1.29 is 0 Å². The maximum Gasteiger partial charge on any atom is 0.0233 e. The summed E-state index contributed by atoms with van der Waals surface area (Å²) in [7, 11) is 0. The molecule has 0 bridgehead atoms. The predicted molar refractivity (Wildman–Crippen MR) is 91.6 cm³/mol. The Labute approximate surface area is 130 Å². The first-order valence-corrected chi connectivity index (χ1v) is 8.58. The van der Waals surface area contributed by atoms with Gasteiger partial charge in [-0.1, -0.05) is 37.1 Å². The topological polar surface area (TPSA) is 15.3 Å². The van der Waals surface area contributed by atoms with Crippen molar-refractivity contribution in [2.45, 2.75) is 65.0 Å². The van der Waals surface area contributed by atoms with Gasteiger partial charge in [-0.05, 0) is 70.8 Å². The van der Waals surface area contributed by atoms with Gasteiger partial charge in [0.1, 0.15) is 0 Å². The van der Waals surface area contributed by atoms with Gasteiger partial charge < -0.3 is 5.32 Å². The fraction of sp³-hybridized carbons (Fsp3) is 0.684. The van der Waals surface area contributed by atoms with Crippen LogP contribution >= 0.6 is 0 Å². The molecule has 0 radical (unpaired) electrons. The van der Waals surface area contributed by atoms with E-state index in [1.807, 2.05) is 0 Å². The SMILES string of the molecule is CC(C)(C)NCCc1ccc(CN2CCCCCC2)cc1. The van der Waals surface area contributed by atoms with Gasteiger partial charge in [-0.2, -0.15) is 0 Å². The third-order valence-electron chi connectivity index (χ3n) is 4.20. The first kappa shape index (κ1) is 16.5. The number of likely N-dealkylation sites (tertiary alicyclic amines) is 1. The Hall–Kier alpha value is -0.860. The summed E-state index contributed by atoms with van der Waals surface area (Å²) >= 11 is 0. The number of nitrogens with zero attached hydrogens (tertiary/aromatic N) is 1. The van der Waals surface area contributed by atoms with Crippen LogP contribution in [0.2, 0.25) is 0 Å². The lowest BCUT2D eigenvalue weighted by Crippen LogP contribution is -2.37. The van der Waals surface area contributed by atoms with Gasteiger partial charge in [-0.25, -0.2) is 0 Å². The van der Waals surface area contributed by atoms with Gasteiger partial charge in [-0.15, -0.1) is 0 Å². The van der Waals surface area contributed by atoms with E-state index >= 15 is 0 Å². The molecule has 1 saturated heterocycles. The Bertz CT molecular complexity index is 395. The third kappa shape index (κ3) is 6.62. The normalized spacial score (nSPS) is 17.7. The van der Waals surface area contributed by atoms with E-state index in [0.29, 0.717) is 0 Å². The molecular weight excluding hydrogens is 256 g/mol. The highest BCUT2D eigenvalue weighted by Gasteiger charge is 2.10. The van der Waals surface area contributed by atoms with Crippen LogP contribution in [0.5, 0.6) is 0 Å². The van der Waals surface area contributed by atoms with Crippen LogP contribution in [0.25, 0.3) is 0 Å². The number of nitrogens with one attached hydrogen (secondary N) is 1. The van der Waals surface area contributed by atoms with Crippen LogP contribution in [0.15, 0.2) is 24.3 Å². The van der Waals surface area contributed by atoms with Crippen LogP contribution in [0.3, 0.4) is 0 Å². The molecule has 1 fully saturated rings. The predicted octanol–water partition coefficient (Wildman–Crippen LogP) is 3.99. The van der Waals surface area contributed by atoms with Crippen LogP contribution < -0.4 is 5.32 Å². The zero-order valence-electron chi connectivity index (χ0n) is 14.1. The first-order chi connectivity index (χ1) is 10.0. The van der Waals surface area contributed by atoms with E-state index in [2.05, 4.69) is 55.3 Å². The Balaban J connectivity index is 1.78. The summed E-state index contributed by atoms with van der Waals surface area (Å²) in [6.45, 7) is 11.4. The highest BCUT2D eigenvalue weighted by molar-refractivity contribution is 5.22. The molecule has 0 aromatic heterocycles. The molecule has 1 N–H and O–H groups in total. The first-order valence-electron chi connectivity index (χ1n) is 8.58. The van der Waals surface area contributed by atoms with Gasteiger partial charge in [0, 0.05) is 12.1 Å². The molecule has 0 unspecified atom stereocenters. The molecule has 1 aromatic rings. The molecule has 0 amide bonds. The van der Waals surface area contributed by atoms with Crippen molar-refractivity contribution in [1.82, 2.24) is 10.2 Å². The monoisotopic (exact) mass is 288 g/mol. The fourth-order valence-electron chi connectivity index (χ4n) is 2.95. The van der Waals surface area contributed by atoms with Crippen molar-refractivity contribution in [3.8, 4) is 0 Å². The Morgan fingerprint density at radius 1 is 0.905 bits per heavy atom. The molecule has 21 heavy (non-hydrogen) atoms. The summed E-state index contributed by atoms with van der Waals surface area (Å²) in [5.74, 6) is 0. The van der Waals surface area contributed by atoms with Crippen LogP contribution in [0.1, 0.15) is 57.6 Å². The van der Waals surface area contributed by atoms with Gasteiger partial charge in [-0.3, -0.25) is 4.90 Å². The second-order valence-electron chi connectivity index (χ2n) is 7.43. The van der Waals surface area contributed by atoms with Crippen molar-refractivity contribution in [2.24, 2.45) is 0 Å². The van der Waals surface area contributed by atoms with E-state index in [0.717, 1.165) is 19.5 Å². The maximum atomic E-state index is 3.55. The fourth-order valence-corrected chi connectivity index (χ4v) is 2.95. The van der Waals surface area contributed by atoms with Crippen LogP contribution in [0, 0.1) is 0 Å². The summed E-state index contributed by atoms with van der Waals surface area (Å²) in [5.41, 5.74) is 3.11. The Morgan fingerprint density at radius 2 is 1.48 bits per heavy atom. The van der Waals surface area contributed by atoms with Gasteiger partial charge in [0.05, 0.1) is 0 Å². The Morgan fingerprint density at radius 3 is 2.05 bits per heavy atom. The number of rotatable bonds is 5. The average molecular weight is 288 g/mol. The molecule has 118 valence electrons. The highest BCUT2D eigenvalue weighted by atomic mass is 15.1. The van der Waals surface area contributed by atoms with E-state index in [1.54, 1.807) is 0 Å². The summed E-state index contributed by atoms with van der Waals surface area (Å²) in [6.07, 6.45) is 6.68. The lowest BCUT2D eigenvalue weighted by Gasteiger charge is -2.21. The second-order valence-corrected chi connectivity index (χ2v) is 7.43. The smallest absolute Gasteiger partial charge is 0.0233 e. The van der Waals surface area contributed by atoms with Crippen molar-refractivity contribution >= 4 is 0 Å². The van der Waals surface area contributed by atoms with E-state index in [-0.39, 0.29) is 5.54 Å². The van der Waals surface area contributed by atoms with Crippen molar-refractivity contribution in [1.29, 1.82) is 0 Å². The molecule has 0 saturated carbocycles. The quantitative estimate of drug-likeness (QED) is 0.881. The number of hydrogen-bond acceptors (Lipinski definition) is 2. The molecule has 1 aromatic carbocycles. The largest absolute Gasteiger partial charge is 0.312 e. The molecule has 2 heteroatoms. The van der Waals surface area contributed by atoms with E-state index < -0.39 is 0 Å². The zero-order valence-corrected chi connectivity index (χ0v) is 14.1. The zero-order chi connectivity index (χ0) is 15.1. The number of hydrogen-bond donors (Lipinski definition) is 1. The molecule has 0 aliphatic carbocycles. The minimum atomic E-state index is 0.215. The minimum absolute atomic E-state index is 0.215. The summed E-state index contributed by atoms with van der Waals surface area (Å²) in [6, 6.07) is 9.24. The molecule has 1 aliphatic heterocycles. The van der Waals surface area contributed by atoms with E-state index in [9.17, 15) is 0 Å². The maximum absolute atomic E-state index is 3.55. The number of benzene rings is 1. The Kier molecular flexibility index (Phi) is 6.25. The summed E-state index contributed by atoms with van der Waals surface area (Å²) in [4.78, 5) is 2.61. The lowest BCUT2D eigenvalue weighted by molar-refractivity contribution is 0.277. The van der Waals surface area contributed by atoms with Crippen LogP contribution in [-0.2, 0) is 13.0 Å². The molecule has 0 spiro atoms. The molecule has 1 aliphatic rings. The van der Waals surface area contributed by atoms with Crippen molar-refractivity contribution in [3.05, 3.63) is 35.4 Å². The van der Waals surface area contributed by atoms with Gasteiger partial charge in [0.2, 0.25) is 0 Å². The average Bonchev–Trinajstić information content (AvgIpc) is 2.68. The van der Waals surface area contributed by atoms with Crippen LogP contribution in [-0.4, -0.2) is 30.1 Å². The lowest BCUT2D eigenvalue weighted by atomic mass is 10.1. The van der Waals surface area contributed by atoms with Gasteiger partial charge in [0.15, 0.2) is 0 Å². The van der Waals surface area contributed by atoms with Gasteiger partial charge in [0.25, 0.3) is 0 Å². The molecule has 0 atom stereocenters. The molecule has 2 nitrogen and oxygen atoms in total. The summed E-state index contributed by atoms with van der Waals surface area (Å²) in [5, 5.41) is 3.55. The molecule has 1 heterocycles. The minimum Gasteiger partial charge on any atom is -0.312 e. The second kappa shape index (κ2) is 7.95. The van der Waals surface area contributed by atoms with Crippen molar-refractivity contribution in [3.63, 3.8) is 0 Å². The molecular formula is C19H32N2. The van der Waals surface area contributed by atoms with Crippen LogP contribution in [0.4, 0.5) is 0 Å². The van der Waals surface area contributed by atoms with E-state index in [4.69, 9.17) is 0 Å². The standard InChI is InChI=1S/C19H32N2/c1-19(2,3)20-13-12-17-8-10-18(11-9-17)16-21-14-6-4-5-7-15-21/h8-11,20H,4-7,12-16H2,1-3H3. The highest BCUT2D eigenvalue weighted by Crippen LogP contribution is 2.14. The molecule has 2 rings (SSSR count). The van der Waals surface area contributed by atoms with Crippen molar-refractivity contribution in [2.75, 3.05) is 19.6 Å². The summed E-state index contributed by atoms with van der Waals surface area (Å²) < 4.78 is 0. The van der Waals surface area contributed by atoms with Gasteiger partial charge >= 0.3 is 0 Å². The third-order valence-corrected chi connectivity index (χ3v) is 4.20.